The van der Waals surface area contributed by atoms with Gasteiger partial charge in [0.25, 0.3) is 0 Å². The highest BCUT2D eigenvalue weighted by atomic mass is 32.1. The van der Waals surface area contributed by atoms with Crippen molar-refractivity contribution in [1.82, 2.24) is 4.98 Å². The molecule has 0 saturated heterocycles. The van der Waals surface area contributed by atoms with Crippen LogP contribution in [0.4, 0.5) is 0 Å². The van der Waals surface area contributed by atoms with Crippen LogP contribution in [0.3, 0.4) is 0 Å². The van der Waals surface area contributed by atoms with E-state index >= 15 is 0 Å². The van der Waals surface area contributed by atoms with Gasteiger partial charge in [-0.1, -0.05) is 20.8 Å². The Morgan fingerprint density at radius 3 is 2.88 bits per heavy atom. The highest BCUT2D eigenvalue weighted by molar-refractivity contribution is 7.15. The van der Waals surface area contributed by atoms with Gasteiger partial charge in [0.2, 0.25) is 0 Å². The van der Waals surface area contributed by atoms with Crippen molar-refractivity contribution in [2.45, 2.75) is 39.5 Å². The summed E-state index contributed by atoms with van der Waals surface area (Å²) in [5.74, 6) is 0.656. The lowest BCUT2D eigenvalue weighted by Crippen LogP contribution is -1.85. The molecule has 2 heteroatoms. The molecular weight excluding hydrogens is 214 g/mol. The molecule has 3 rings (SSSR count). The number of aromatic amines is 1. The summed E-state index contributed by atoms with van der Waals surface area (Å²) in [6.07, 6.45) is 2.21. The average molecular weight is 231 g/mol. The lowest BCUT2D eigenvalue weighted by molar-refractivity contribution is 0.887. The van der Waals surface area contributed by atoms with Crippen molar-refractivity contribution >= 4 is 11.3 Å². The smallest absolute Gasteiger partial charge is 0.0399 e. The lowest BCUT2D eigenvalue weighted by Gasteiger charge is -1.98. The maximum absolute atomic E-state index is 3.53. The summed E-state index contributed by atoms with van der Waals surface area (Å²) >= 11 is 1.98. The standard InChI is InChI=1S/C14H17NS/c1-4-10-7-11-12(15-10)5-9-6-13(8(2)3)16-14(9)11/h6-8,15H,4-5H2,1-3H3. The van der Waals surface area contributed by atoms with E-state index in [0.717, 1.165) is 12.8 Å². The molecule has 0 saturated carbocycles. The van der Waals surface area contributed by atoms with Crippen LogP contribution in [-0.4, -0.2) is 4.98 Å². The molecule has 1 N–H and O–H groups in total. The van der Waals surface area contributed by atoms with E-state index in [9.17, 15) is 0 Å². The Kier molecular flexibility index (Phi) is 2.21. The maximum atomic E-state index is 3.53. The summed E-state index contributed by atoms with van der Waals surface area (Å²) in [5, 5.41) is 0. The monoisotopic (exact) mass is 231 g/mol. The van der Waals surface area contributed by atoms with Crippen molar-refractivity contribution in [2.24, 2.45) is 0 Å². The SMILES string of the molecule is CCc1cc2c([nH]1)Cc1cc(C(C)C)sc1-2. The molecule has 84 valence electrons. The summed E-state index contributed by atoms with van der Waals surface area (Å²) < 4.78 is 0. The fourth-order valence-corrected chi connectivity index (χ4v) is 3.60. The molecule has 0 aliphatic heterocycles. The Morgan fingerprint density at radius 2 is 2.19 bits per heavy atom. The predicted octanol–water partition coefficient (Wildman–Crippen LogP) is 4.33. The molecule has 0 fully saturated rings. The zero-order valence-corrected chi connectivity index (χ0v) is 10.9. The molecule has 2 aromatic rings. The van der Waals surface area contributed by atoms with Crippen molar-refractivity contribution in [3.63, 3.8) is 0 Å². The van der Waals surface area contributed by atoms with Gasteiger partial charge in [0.1, 0.15) is 0 Å². The first-order valence-corrected chi connectivity index (χ1v) is 6.84. The number of hydrogen-bond acceptors (Lipinski definition) is 1. The Hall–Kier alpha value is -1.02. The molecular formula is C14H17NS. The van der Waals surface area contributed by atoms with Gasteiger partial charge in [-0.25, -0.2) is 0 Å². The van der Waals surface area contributed by atoms with Crippen LogP contribution in [-0.2, 0) is 12.8 Å². The summed E-state index contributed by atoms with van der Waals surface area (Å²) in [6.45, 7) is 6.75. The first-order valence-electron chi connectivity index (χ1n) is 6.02. The highest BCUT2D eigenvalue weighted by Gasteiger charge is 2.24. The molecule has 2 heterocycles. The molecule has 1 aliphatic rings. The zero-order valence-electron chi connectivity index (χ0n) is 10.1. The number of thiophene rings is 1. The van der Waals surface area contributed by atoms with Gasteiger partial charge in [0.15, 0.2) is 0 Å². The van der Waals surface area contributed by atoms with Gasteiger partial charge in [0.05, 0.1) is 0 Å². The third-order valence-electron chi connectivity index (χ3n) is 3.34. The number of aryl methyl sites for hydroxylation is 1. The van der Waals surface area contributed by atoms with Gasteiger partial charge in [-0.3, -0.25) is 0 Å². The number of fused-ring (bicyclic) bond motifs is 3. The molecule has 1 nitrogen and oxygen atoms in total. The van der Waals surface area contributed by atoms with Crippen molar-refractivity contribution in [3.05, 3.63) is 34.0 Å². The van der Waals surface area contributed by atoms with E-state index in [4.69, 9.17) is 0 Å². The van der Waals surface area contributed by atoms with Crippen molar-refractivity contribution in [3.8, 4) is 10.4 Å². The number of H-pyrrole nitrogens is 1. The van der Waals surface area contributed by atoms with Gasteiger partial charge < -0.3 is 4.98 Å². The van der Waals surface area contributed by atoms with Crippen LogP contribution in [0.25, 0.3) is 10.4 Å². The second kappa shape index (κ2) is 3.49. The van der Waals surface area contributed by atoms with E-state index in [1.165, 1.54) is 32.3 Å². The molecule has 0 bridgehead atoms. The van der Waals surface area contributed by atoms with Gasteiger partial charge in [0, 0.05) is 33.1 Å². The number of rotatable bonds is 2. The summed E-state index contributed by atoms with van der Waals surface area (Å²) in [7, 11) is 0. The van der Waals surface area contributed by atoms with Gasteiger partial charge in [-0.2, -0.15) is 0 Å². The fraction of sp³-hybridized carbons (Fsp3) is 0.429. The summed E-state index contributed by atoms with van der Waals surface area (Å²) in [4.78, 5) is 6.56. The third-order valence-corrected chi connectivity index (χ3v) is 4.86. The quantitative estimate of drug-likeness (QED) is 0.675. The minimum absolute atomic E-state index is 0.656. The first-order chi connectivity index (χ1) is 7.69. The molecule has 0 unspecified atom stereocenters. The van der Waals surface area contributed by atoms with Crippen molar-refractivity contribution in [2.75, 3.05) is 0 Å². The Balaban J connectivity index is 2.08. The van der Waals surface area contributed by atoms with Crippen molar-refractivity contribution < 1.29 is 0 Å². The van der Waals surface area contributed by atoms with Crippen LogP contribution < -0.4 is 0 Å². The van der Waals surface area contributed by atoms with Crippen LogP contribution in [0.2, 0.25) is 0 Å². The third kappa shape index (κ3) is 1.36. The molecule has 0 radical (unpaired) electrons. The average Bonchev–Trinajstić information content (AvgIpc) is 2.85. The number of aromatic nitrogens is 1. The molecule has 0 amide bonds. The molecule has 0 aromatic carbocycles. The second-order valence-corrected chi connectivity index (χ2v) is 5.96. The lowest BCUT2D eigenvalue weighted by atomic mass is 10.1. The summed E-state index contributed by atoms with van der Waals surface area (Å²) in [6, 6.07) is 4.73. The van der Waals surface area contributed by atoms with Crippen LogP contribution >= 0.6 is 11.3 Å². The molecule has 1 aliphatic carbocycles. The Labute approximate surface area is 101 Å². The first kappa shape index (κ1) is 10.2. The van der Waals surface area contributed by atoms with Gasteiger partial charge >= 0.3 is 0 Å². The van der Waals surface area contributed by atoms with Crippen molar-refractivity contribution in [1.29, 1.82) is 0 Å². The van der Waals surface area contributed by atoms with E-state index in [1.54, 1.807) is 0 Å². The second-order valence-electron chi connectivity index (χ2n) is 4.87. The normalized spacial score (nSPS) is 13.2. The van der Waals surface area contributed by atoms with E-state index in [1.807, 2.05) is 11.3 Å². The number of hydrogen-bond donors (Lipinski definition) is 1. The topological polar surface area (TPSA) is 15.8 Å². The fourth-order valence-electron chi connectivity index (χ4n) is 2.38. The van der Waals surface area contributed by atoms with Crippen LogP contribution in [0.15, 0.2) is 12.1 Å². The highest BCUT2D eigenvalue weighted by Crippen LogP contribution is 2.44. The minimum Gasteiger partial charge on any atom is -0.361 e. The predicted molar refractivity (Wildman–Crippen MR) is 70.4 cm³/mol. The van der Waals surface area contributed by atoms with E-state index in [0.29, 0.717) is 5.92 Å². The van der Waals surface area contributed by atoms with Crippen LogP contribution in [0, 0.1) is 0 Å². The Bertz CT molecular complexity index is 531. The van der Waals surface area contributed by atoms with Gasteiger partial charge in [-0.05, 0) is 30.0 Å². The maximum Gasteiger partial charge on any atom is 0.0399 e. The van der Waals surface area contributed by atoms with E-state index in [2.05, 4.69) is 37.9 Å². The molecule has 16 heavy (non-hydrogen) atoms. The van der Waals surface area contributed by atoms with Crippen LogP contribution in [0.1, 0.15) is 48.5 Å². The zero-order chi connectivity index (χ0) is 11.3. The van der Waals surface area contributed by atoms with E-state index < -0.39 is 0 Å². The van der Waals surface area contributed by atoms with Crippen LogP contribution in [0.5, 0.6) is 0 Å². The number of nitrogens with one attached hydrogen (secondary N) is 1. The molecule has 2 aromatic heterocycles. The largest absolute Gasteiger partial charge is 0.361 e. The van der Waals surface area contributed by atoms with E-state index in [-0.39, 0.29) is 0 Å². The summed E-state index contributed by atoms with van der Waals surface area (Å²) in [5.41, 5.74) is 5.78. The van der Waals surface area contributed by atoms with Gasteiger partial charge in [-0.15, -0.1) is 11.3 Å². The minimum atomic E-state index is 0.656. The molecule has 0 atom stereocenters. The Morgan fingerprint density at radius 1 is 1.38 bits per heavy atom. The molecule has 0 spiro atoms.